The predicted molar refractivity (Wildman–Crippen MR) is 63.6 cm³/mol. The van der Waals surface area contributed by atoms with E-state index in [-0.39, 0.29) is 12.3 Å². The van der Waals surface area contributed by atoms with E-state index in [1.807, 2.05) is 21.1 Å². The van der Waals surface area contributed by atoms with Crippen LogP contribution in [-0.4, -0.2) is 62.2 Å². The summed E-state index contributed by atoms with van der Waals surface area (Å²) in [6, 6.07) is -0.663. The predicted octanol–water partition coefficient (Wildman–Crippen LogP) is -1.98. The van der Waals surface area contributed by atoms with E-state index in [9.17, 15) is 19.5 Å². The number of carbonyl (C=O) groups is 3. The highest BCUT2D eigenvalue weighted by molar-refractivity contribution is 5.88. The van der Waals surface area contributed by atoms with Crippen LogP contribution in [0.25, 0.3) is 0 Å². The quantitative estimate of drug-likeness (QED) is 0.447. The molecule has 0 saturated carbocycles. The third kappa shape index (κ3) is 5.69. The van der Waals surface area contributed by atoms with Crippen LogP contribution in [0.1, 0.15) is 19.3 Å². The van der Waals surface area contributed by atoms with Gasteiger partial charge in [0.15, 0.2) is 6.10 Å². The van der Waals surface area contributed by atoms with Gasteiger partial charge in [-0.05, 0) is 6.42 Å². The van der Waals surface area contributed by atoms with Crippen molar-refractivity contribution in [2.24, 2.45) is 0 Å². The van der Waals surface area contributed by atoms with Gasteiger partial charge in [-0.15, -0.1) is 0 Å². The van der Waals surface area contributed by atoms with Gasteiger partial charge in [0.2, 0.25) is 5.91 Å². The van der Waals surface area contributed by atoms with E-state index in [2.05, 4.69) is 5.32 Å². The number of likely N-dealkylation sites (N-methyl/N-ethyl adjacent to an activating group) is 1. The Morgan fingerprint density at radius 1 is 1.47 bits per heavy atom. The molecule has 0 aromatic heterocycles. The molecular formula is C12H20N2O5. The van der Waals surface area contributed by atoms with Crippen molar-refractivity contribution < 1.29 is 28.7 Å². The number of hydrogen-bond acceptors (Lipinski definition) is 5. The number of carbonyl (C=O) groups excluding carboxylic acids is 3. The largest absolute Gasteiger partial charge is 0.550 e. The molecule has 7 nitrogen and oxygen atoms in total. The summed E-state index contributed by atoms with van der Waals surface area (Å²) in [5, 5.41) is 13.2. The molecule has 0 aliphatic carbocycles. The number of quaternary nitrogens is 1. The number of hydrogen-bond donors (Lipinski definition) is 1. The van der Waals surface area contributed by atoms with E-state index in [0.29, 0.717) is 23.9 Å². The number of rotatable bonds is 6. The van der Waals surface area contributed by atoms with Gasteiger partial charge in [0.05, 0.1) is 21.1 Å². The molecule has 1 saturated heterocycles. The van der Waals surface area contributed by atoms with E-state index >= 15 is 0 Å². The van der Waals surface area contributed by atoms with Gasteiger partial charge in [0.1, 0.15) is 12.6 Å². The topological polar surface area (TPSA) is 95.5 Å². The Bertz CT molecular complexity index is 375. The average Bonchev–Trinajstić information content (AvgIpc) is 2.60. The number of nitrogens with one attached hydrogen (secondary N) is 1. The summed E-state index contributed by atoms with van der Waals surface area (Å²) in [6.07, 6.45) is -0.419. The number of ether oxygens (including phenoxy) is 1. The lowest BCUT2D eigenvalue weighted by Crippen LogP contribution is -2.47. The van der Waals surface area contributed by atoms with E-state index in [4.69, 9.17) is 4.74 Å². The van der Waals surface area contributed by atoms with Crippen LogP contribution >= 0.6 is 0 Å². The number of esters is 1. The minimum absolute atomic E-state index is 0.190. The summed E-state index contributed by atoms with van der Waals surface area (Å²) < 4.78 is 5.64. The van der Waals surface area contributed by atoms with Gasteiger partial charge < -0.3 is 24.4 Å². The molecule has 1 unspecified atom stereocenters. The molecule has 0 bridgehead atoms. The Morgan fingerprint density at radius 3 is 2.53 bits per heavy atom. The van der Waals surface area contributed by atoms with Crippen molar-refractivity contribution >= 4 is 17.8 Å². The molecule has 2 atom stereocenters. The van der Waals surface area contributed by atoms with Gasteiger partial charge in [0, 0.05) is 18.8 Å². The van der Waals surface area contributed by atoms with E-state index in [0.717, 1.165) is 0 Å². The first-order chi connectivity index (χ1) is 8.67. The van der Waals surface area contributed by atoms with Crippen LogP contribution in [0.3, 0.4) is 0 Å². The molecule has 7 heteroatoms. The van der Waals surface area contributed by atoms with Gasteiger partial charge in [-0.1, -0.05) is 0 Å². The van der Waals surface area contributed by atoms with Crippen LogP contribution < -0.4 is 10.4 Å². The first-order valence-corrected chi connectivity index (χ1v) is 6.17. The summed E-state index contributed by atoms with van der Waals surface area (Å²) in [5.41, 5.74) is 0. The van der Waals surface area contributed by atoms with Gasteiger partial charge in [-0.2, -0.15) is 0 Å². The summed E-state index contributed by atoms with van der Waals surface area (Å²) in [7, 11) is 5.61. The Hall–Kier alpha value is -1.63. The van der Waals surface area contributed by atoms with Crippen LogP contribution in [-0.2, 0) is 19.1 Å². The monoisotopic (exact) mass is 272 g/mol. The fourth-order valence-corrected chi connectivity index (χ4v) is 1.98. The zero-order valence-electron chi connectivity index (χ0n) is 11.5. The zero-order chi connectivity index (χ0) is 14.6. The van der Waals surface area contributed by atoms with Crippen LogP contribution in [0, 0.1) is 0 Å². The van der Waals surface area contributed by atoms with Gasteiger partial charge >= 0.3 is 5.97 Å². The van der Waals surface area contributed by atoms with Crippen LogP contribution in [0.5, 0.6) is 0 Å². The van der Waals surface area contributed by atoms with E-state index < -0.39 is 24.1 Å². The lowest BCUT2D eigenvalue weighted by molar-refractivity contribution is -0.873. The summed E-state index contributed by atoms with van der Waals surface area (Å²) in [4.78, 5) is 33.5. The molecule has 0 spiro atoms. The number of nitrogens with zero attached hydrogens (tertiary/aromatic N) is 1. The van der Waals surface area contributed by atoms with Crippen LogP contribution in [0.4, 0.5) is 0 Å². The Balaban J connectivity index is 2.58. The van der Waals surface area contributed by atoms with Crippen molar-refractivity contribution in [3.8, 4) is 0 Å². The maximum Gasteiger partial charge on any atom is 0.329 e. The molecule has 1 rings (SSSR count). The number of amides is 1. The van der Waals surface area contributed by atoms with Crippen molar-refractivity contribution in [2.75, 3.05) is 27.7 Å². The van der Waals surface area contributed by atoms with E-state index in [1.165, 1.54) is 0 Å². The van der Waals surface area contributed by atoms with Gasteiger partial charge in [0.25, 0.3) is 0 Å². The smallest absolute Gasteiger partial charge is 0.329 e. The van der Waals surface area contributed by atoms with Crippen molar-refractivity contribution in [3.63, 3.8) is 0 Å². The fourth-order valence-electron chi connectivity index (χ4n) is 1.98. The Morgan fingerprint density at radius 2 is 2.11 bits per heavy atom. The number of carboxylic acid groups (broad SMARTS) is 1. The summed E-state index contributed by atoms with van der Waals surface area (Å²) >= 11 is 0. The molecule has 0 radical (unpaired) electrons. The lowest BCUT2D eigenvalue weighted by Gasteiger charge is -2.29. The average molecular weight is 272 g/mol. The second-order valence-electron chi connectivity index (χ2n) is 5.77. The zero-order valence-corrected chi connectivity index (χ0v) is 11.5. The molecule has 0 aromatic carbocycles. The SMILES string of the molecule is C[N+](C)(C)CC(CC(=O)[O-])OC(=O)[C@@H]1CCC(=O)N1. The summed E-state index contributed by atoms with van der Waals surface area (Å²) in [5.74, 6) is -2.03. The van der Waals surface area contributed by atoms with Crippen LogP contribution in [0.2, 0.25) is 0 Å². The van der Waals surface area contributed by atoms with Crippen molar-refractivity contribution in [1.29, 1.82) is 0 Å². The second-order valence-corrected chi connectivity index (χ2v) is 5.77. The van der Waals surface area contributed by atoms with Crippen molar-refractivity contribution in [3.05, 3.63) is 0 Å². The second kappa shape index (κ2) is 6.01. The number of aliphatic carboxylic acids is 1. The van der Waals surface area contributed by atoms with Gasteiger partial charge in [-0.3, -0.25) is 4.79 Å². The Labute approximate surface area is 112 Å². The molecule has 1 aliphatic heterocycles. The maximum absolute atomic E-state index is 11.8. The third-order valence-electron chi connectivity index (χ3n) is 2.71. The summed E-state index contributed by atoms with van der Waals surface area (Å²) in [6.45, 7) is 0.361. The van der Waals surface area contributed by atoms with E-state index in [1.54, 1.807) is 0 Å². The fraction of sp³-hybridized carbons (Fsp3) is 0.750. The van der Waals surface area contributed by atoms with Gasteiger partial charge in [-0.25, -0.2) is 4.79 Å². The van der Waals surface area contributed by atoms with Crippen LogP contribution in [0.15, 0.2) is 0 Å². The molecule has 19 heavy (non-hydrogen) atoms. The lowest BCUT2D eigenvalue weighted by atomic mass is 10.2. The minimum atomic E-state index is -1.26. The highest BCUT2D eigenvalue weighted by Crippen LogP contribution is 2.11. The standard InChI is InChI=1S/C12H20N2O5/c1-14(2,3)7-8(6-11(16)17)19-12(18)9-4-5-10(15)13-9/h8-9H,4-7H2,1-3H3,(H-,13,15,16,17)/t8?,9-/m0/s1. The van der Waals surface area contributed by atoms with Crippen molar-refractivity contribution in [2.45, 2.75) is 31.4 Å². The molecule has 0 aromatic rings. The molecule has 1 aliphatic rings. The maximum atomic E-state index is 11.8. The molecule has 108 valence electrons. The molecule has 1 amide bonds. The van der Waals surface area contributed by atoms with Crippen molar-refractivity contribution in [1.82, 2.24) is 5.32 Å². The minimum Gasteiger partial charge on any atom is -0.550 e. The molecule has 1 heterocycles. The first kappa shape index (κ1) is 15.4. The Kier molecular flexibility index (Phi) is 4.88. The first-order valence-electron chi connectivity index (χ1n) is 6.17. The normalized spacial score (nSPS) is 20.8. The molecule has 1 N–H and O–H groups in total. The number of carboxylic acids is 1. The highest BCUT2D eigenvalue weighted by atomic mass is 16.5. The highest BCUT2D eigenvalue weighted by Gasteiger charge is 2.31. The molecule has 1 fully saturated rings. The third-order valence-corrected chi connectivity index (χ3v) is 2.71. The molecular weight excluding hydrogens is 252 g/mol.